The standard InChI is InChI=1S/C11H17NO3/c1-2-12(6-3-7-13)8-10-4-5-11(9-14)15-10/h4-5,9,13H,2-3,6-8H2,1H3. The van der Waals surface area contributed by atoms with Crippen molar-refractivity contribution in [3.63, 3.8) is 0 Å². The molecule has 0 fully saturated rings. The van der Waals surface area contributed by atoms with Crippen molar-refractivity contribution in [3.05, 3.63) is 23.7 Å². The van der Waals surface area contributed by atoms with Gasteiger partial charge in [-0.25, -0.2) is 0 Å². The number of furan rings is 1. The van der Waals surface area contributed by atoms with Crippen LogP contribution in [0.1, 0.15) is 29.7 Å². The van der Waals surface area contributed by atoms with Crippen LogP contribution in [0, 0.1) is 0 Å². The first-order valence-corrected chi connectivity index (χ1v) is 5.17. The first-order chi connectivity index (χ1) is 7.30. The second-order valence-corrected chi connectivity index (χ2v) is 3.37. The smallest absolute Gasteiger partial charge is 0.185 e. The van der Waals surface area contributed by atoms with E-state index in [0.717, 1.165) is 25.3 Å². The molecule has 4 nitrogen and oxygen atoms in total. The van der Waals surface area contributed by atoms with E-state index in [0.29, 0.717) is 18.6 Å². The summed E-state index contributed by atoms with van der Waals surface area (Å²) in [5.41, 5.74) is 0. The molecular weight excluding hydrogens is 194 g/mol. The molecule has 4 heteroatoms. The summed E-state index contributed by atoms with van der Waals surface area (Å²) in [6, 6.07) is 3.48. The zero-order valence-electron chi connectivity index (χ0n) is 8.98. The third-order valence-corrected chi connectivity index (χ3v) is 2.26. The van der Waals surface area contributed by atoms with Gasteiger partial charge in [0, 0.05) is 13.2 Å². The van der Waals surface area contributed by atoms with Crippen molar-refractivity contribution in [1.82, 2.24) is 4.90 Å². The Labute approximate surface area is 89.5 Å². The monoisotopic (exact) mass is 211 g/mol. The van der Waals surface area contributed by atoms with Crippen molar-refractivity contribution in [2.75, 3.05) is 19.7 Å². The molecule has 1 N–H and O–H groups in total. The highest BCUT2D eigenvalue weighted by Gasteiger charge is 2.06. The van der Waals surface area contributed by atoms with Gasteiger partial charge in [0.2, 0.25) is 0 Å². The molecule has 0 bridgehead atoms. The van der Waals surface area contributed by atoms with Crippen molar-refractivity contribution >= 4 is 6.29 Å². The van der Waals surface area contributed by atoms with E-state index in [9.17, 15) is 4.79 Å². The molecule has 0 aliphatic heterocycles. The zero-order chi connectivity index (χ0) is 11.1. The predicted molar refractivity (Wildman–Crippen MR) is 56.7 cm³/mol. The summed E-state index contributed by atoms with van der Waals surface area (Å²) in [5.74, 6) is 1.15. The van der Waals surface area contributed by atoms with E-state index in [1.807, 2.05) is 6.07 Å². The van der Waals surface area contributed by atoms with Gasteiger partial charge in [-0.05, 0) is 25.1 Å². The van der Waals surface area contributed by atoms with Gasteiger partial charge in [-0.15, -0.1) is 0 Å². The van der Waals surface area contributed by atoms with Gasteiger partial charge < -0.3 is 9.52 Å². The third kappa shape index (κ3) is 3.85. The number of rotatable bonds is 7. The number of carbonyl (C=O) groups is 1. The minimum atomic E-state index is 0.203. The molecule has 0 aliphatic carbocycles. The molecule has 1 aromatic rings. The fraction of sp³-hybridized carbons (Fsp3) is 0.545. The maximum absolute atomic E-state index is 10.4. The molecule has 84 valence electrons. The summed E-state index contributed by atoms with van der Waals surface area (Å²) in [7, 11) is 0. The van der Waals surface area contributed by atoms with Gasteiger partial charge >= 0.3 is 0 Å². The summed E-state index contributed by atoms with van der Waals surface area (Å²) < 4.78 is 5.27. The number of aliphatic hydroxyl groups is 1. The predicted octanol–water partition coefficient (Wildman–Crippen LogP) is 1.30. The van der Waals surface area contributed by atoms with Gasteiger partial charge in [-0.2, -0.15) is 0 Å². The lowest BCUT2D eigenvalue weighted by Gasteiger charge is -2.18. The summed E-state index contributed by atoms with van der Waals surface area (Å²) >= 11 is 0. The van der Waals surface area contributed by atoms with E-state index in [1.54, 1.807) is 6.07 Å². The molecule has 0 amide bonds. The van der Waals surface area contributed by atoms with Crippen molar-refractivity contribution < 1.29 is 14.3 Å². The summed E-state index contributed by atoms with van der Waals surface area (Å²) in [6.07, 6.45) is 1.46. The van der Waals surface area contributed by atoms with Gasteiger partial charge in [0.1, 0.15) is 5.76 Å². The normalized spacial score (nSPS) is 10.9. The Bertz CT molecular complexity index is 296. The van der Waals surface area contributed by atoms with Crippen molar-refractivity contribution in [3.8, 4) is 0 Å². The van der Waals surface area contributed by atoms with E-state index in [2.05, 4.69) is 11.8 Å². The Balaban J connectivity index is 2.46. The number of nitrogens with zero attached hydrogens (tertiary/aromatic N) is 1. The van der Waals surface area contributed by atoms with Crippen LogP contribution in [0.25, 0.3) is 0 Å². The lowest BCUT2D eigenvalue weighted by atomic mass is 10.3. The van der Waals surface area contributed by atoms with Crippen LogP contribution in [-0.4, -0.2) is 36.0 Å². The number of hydrogen-bond donors (Lipinski definition) is 1. The lowest BCUT2D eigenvalue weighted by molar-refractivity contribution is 0.109. The van der Waals surface area contributed by atoms with Gasteiger partial charge in [0.15, 0.2) is 12.0 Å². The van der Waals surface area contributed by atoms with Gasteiger partial charge in [0.25, 0.3) is 0 Å². The molecule has 1 heterocycles. The quantitative estimate of drug-likeness (QED) is 0.691. The maximum atomic E-state index is 10.4. The largest absolute Gasteiger partial charge is 0.457 e. The summed E-state index contributed by atoms with van der Waals surface area (Å²) in [6.45, 7) is 4.68. The Hall–Kier alpha value is -1.13. The molecule has 0 unspecified atom stereocenters. The van der Waals surface area contributed by atoms with E-state index < -0.39 is 0 Å². The van der Waals surface area contributed by atoms with Crippen LogP contribution in [0.3, 0.4) is 0 Å². The molecule has 0 radical (unpaired) electrons. The topological polar surface area (TPSA) is 53.7 Å². The van der Waals surface area contributed by atoms with Gasteiger partial charge in [0.05, 0.1) is 6.54 Å². The molecule has 15 heavy (non-hydrogen) atoms. The lowest BCUT2D eigenvalue weighted by Crippen LogP contribution is -2.24. The van der Waals surface area contributed by atoms with Crippen LogP contribution < -0.4 is 0 Å². The highest BCUT2D eigenvalue weighted by atomic mass is 16.3. The maximum Gasteiger partial charge on any atom is 0.185 e. The number of aldehydes is 1. The number of hydrogen-bond acceptors (Lipinski definition) is 4. The Morgan fingerprint density at radius 1 is 1.53 bits per heavy atom. The van der Waals surface area contributed by atoms with Crippen LogP contribution in [0.4, 0.5) is 0 Å². The molecule has 0 saturated heterocycles. The van der Waals surface area contributed by atoms with Gasteiger partial charge in [-0.3, -0.25) is 9.69 Å². The molecule has 0 saturated carbocycles. The highest BCUT2D eigenvalue weighted by molar-refractivity contribution is 5.70. The molecule has 1 rings (SSSR count). The van der Waals surface area contributed by atoms with Crippen LogP contribution in [0.5, 0.6) is 0 Å². The van der Waals surface area contributed by atoms with Gasteiger partial charge in [-0.1, -0.05) is 6.92 Å². The second kappa shape index (κ2) is 6.37. The van der Waals surface area contributed by atoms with Crippen LogP contribution in [0.2, 0.25) is 0 Å². The Morgan fingerprint density at radius 2 is 2.33 bits per heavy atom. The Morgan fingerprint density at radius 3 is 2.87 bits per heavy atom. The zero-order valence-corrected chi connectivity index (χ0v) is 8.98. The third-order valence-electron chi connectivity index (χ3n) is 2.26. The van der Waals surface area contributed by atoms with Crippen molar-refractivity contribution in [1.29, 1.82) is 0 Å². The second-order valence-electron chi connectivity index (χ2n) is 3.37. The van der Waals surface area contributed by atoms with Crippen molar-refractivity contribution in [2.24, 2.45) is 0 Å². The molecule has 0 aromatic carbocycles. The minimum Gasteiger partial charge on any atom is -0.457 e. The number of carbonyl (C=O) groups excluding carboxylic acids is 1. The average molecular weight is 211 g/mol. The molecule has 0 aliphatic rings. The van der Waals surface area contributed by atoms with Crippen molar-refractivity contribution in [2.45, 2.75) is 19.9 Å². The summed E-state index contributed by atoms with van der Waals surface area (Å²) in [4.78, 5) is 12.6. The molecule has 0 atom stereocenters. The van der Waals surface area contributed by atoms with Crippen LogP contribution in [-0.2, 0) is 6.54 Å². The fourth-order valence-corrected chi connectivity index (χ4v) is 1.41. The Kier molecular flexibility index (Phi) is 5.07. The first-order valence-electron chi connectivity index (χ1n) is 5.17. The van der Waals surface area contributed by atoms with Crippen LogP contribution in [0.15, 0.2) is 16.5 Å². The summed E-state index contributed by atoms with van der Waals surface area (Å²) in [5, 5.41) is 8.72. The average Bonchev–Trinajstić information content (AvgIpc) is 2.71. The number of aliphatic hydroxyl groups excluding tert-OH is 1. The molecule has 1 aromatic heterocycles. The van der Waals surface area contributed by atoms with Crippen LogP contribution >= 0.6 is 0 Å². The first kappa shape index (κ1) is 11.9. The molecular formula is C11H17NO3. The van der Waals surface area contributed by atoms with E-state index in [4.69, 9.17) is 9.52 Å². The SMILES string of the molecule is CCN(CCCO)Cc1ccc(C=O)o1. The van der Waals surface area contributed by atoms with E-state index >= 15 is 0 Å². The molecule has 0 spiro atoms. The van der Waals surface area contributed by atoms with E-state index in [1.165, 1.54) is 0 Å². The van der Waals surface area contributed by atoms with E-state index in [-0.39, 0.29) is 6.61 Å². The minimum absolute atomic E-state index is 0.203. The highest BCUT2D eigenvalue weighted by Crippen LogP contribution is 2.09. The fourth-order valence-electron chi connectivity index (χ4n) is 1.41.